The maximum absolute atomic E-state index is 16.3. The minimum absolute atomic E-state index is 0.0993. The van der Waals surface area contributed by atoms with Gasteiger partial charge in [0.1, 0.15) is 37.1 Å². The van der Waals surface area contributed by atoms with Crippen LogP contribution in [0.5, 0.6) is 5.75 Å². The van der Waals surface area contributed by atoms with E-state index in [1.54, 1.807) is 42.5 Å². The van der Waals surface area contributed by atoms with Crippen molar-refractivity contribution in [2.45, 2.75) is 19.1 Å². The molecule has 0 saturated carbocycles. The molecule has 8 heteroatoms. The van der Waals surface area contributed by atoms with Gasteiger partial charge in [0.15, 0.2) is 0 Å². The van der Waals surface area contributed by atoms with Crippen molar-refractivity contribution in [2.75, 3.05) is 13.7 Å². The lowest BCUT2D eigenvalue weighted by Crippen LogP contribution is -2.24. The van der Waals surface area contributed by atoms with Crippen molar-refractivity contribution in [3.8, 4) is 22.6 Å². The highest BCUT2D eigenvalue weighted by Crippen LogP contribution is 2.47. The van der Waals surface area contributed by atoms with E-state index in [1.165, 1.54) is 35.9 Å². The minimum atomic E-state index is -3.48. The van der Waals surface area contributed by atoms with Gasteiger partial charge in [-0.2, -0.15) is 8.78 Å². The highest BCUT2D eigenvalue weighted by Gasteiger charge is 2.41. The first-order valence-electron chi connectivity index (χ1n) is 14.6. The second-order valence-electron chi connectivity index (χ2n) is 10.7. The number of benzene rings is 5. The van der Waals surface area contributed by atoms with Crippen LogP contribution in [-0.2, 0) is 28.6 Å². The van der Waals surface area contributed by atoms with E-state index in [4.69, 9.17) is 14.2 Å². The first-order chi connectivity index (χ1) is 22.4. The largest absolute Gasteiger partial charge is 0.488 e. The number of ether oxygens (including phenoxy) is 3. The molecule has 46 heavy (non-hydrogen) atoms. The van der Waals surface area contributed by atoms with E-state index in [2.05, 4.69) is 0 Å². The van der Waals surface area contributed by atoms with Crippen LogP contribution in [0.4, 0.5) is 13.2 Å². The highest BCUT2D eigenvalue weighted by molar-refractivity contribution is 6.04. The van der Waals surface area contributed by atoms with Gasteiger partial charge in [0.2, 0.25) is 0 Å². The van der Waals surface area contributed by atoms with Crippen LogP contribution in [0.1, 0.15) is 27.2 Å². The molecule has 0 aliphatic heterocycles. The number of alkyl halides is 2. The zero-order chi connectivity index (χ0) is 32.1. The second-order valence-corrected chi connectivity index (χ2v) is 10.7. The molecule has 0 aliphatic rings. The van der Waals surface area contributed by atoms with Crippen LogP contribution < -0.4 is 4.74 Å². The van der Waals surface area contributed by atoms with Crippen molar-refractivity contribution in [1.29, 1.82) is 0 Å². The molecule has 0 saturated heterocycles. The van der Waals surface area contributed by atoms with Crippen molar-refractivity contribution in [2.24, 2.45) is 0 Å². The summed E-state index contributed by atoms with van der Waals surface area (Å²) in [6.45, 7) is -0.596. The summed E-state index contributed by atoms with van der Waals surface area (Å²) >= 11 is 0. The van der Waals surface area contributed by atoms with Crippen LogP contribution in [0.3, 0.4) is 0 Å². The van der Waals surface area contributed by atoms with Gasteiger partial charge in [-0.25, -0.2) is 9.18 Å². The number of hydrogen-bond donors (Lipinski definition) is 0. The number of carbonyl (C=O) groups excluding carboxylic acids is 1. The van der Waals surface area contributed by atoms with E-state index in [0.717, 1.165) is 11.1 Å². The molecule has 6 rings (SSSR count). The fourth-order valence-electron chi connectivity index (χ4n) is 5.48. The molecule has 0 amide bonds. The Kier molecular flexibility index (Phi) is 8.90. The van der Waals surface area contributed by atoms with Crippen molar-refractivity contribution >= 4 is 16.9 Å². The molecule has 0 N–H and O–H groups in total. The third kappa shape index (κ3) is 6.39. The summed E-state index contributed by atoms with van der Waals surface area (Å²) in [6, 6.07) is 35.7. The number of carbonyl (C=O) groups is 1. The second kappa shape index (κ2) is 13.3. The summed E-state index contributed by atoms with van der Waals surface area (Å²) in [5.74, 6) is -4.13. The Morgan fingerprint density at radius 1 is 0.739 bits per heavy atom. The molecule has 0 unspecified atom stereocenters. The normalized spacial score (nSPS) is 11.5. The maximum Gasteiger partial charge on any atom is 0.338 e. The summed E-state index contributed by atoms with van der Waals surface area (Å²) in [5, 5.41) is 0.438. The predicted molar refractivity (Wildman–Crippen MR) is 171 cm³/mol. The number of hydrogen-bond acceptors (Lipinski definition) is 4. The van der Waals surface area contributed by atoms with Gasteiger partial charge in [-0.1, -0.05) is 78.9 Å². The molecule has 0 fully saturated rings. The van der Waals surface area contributed by atoms with E-state index in [0.29, 0.717) is 27.9 Å². The molecular weight excluding hydrogens is 591 g/mol. The van der Waals surface area contributed by atoms with Gasteiger partial charge in [0, 0.05) is 18.4 Å². The van der Waals surface area contributed by atoms with Crippen molar-refractivity contribution in [3.05, 3.63) is 156 Å². The van der Waals surface area contributed by atoms with Crippen LogP contribution in [0.15, 0.2) is 127 Å². The third-order valence-corrected chi connectivity index (χ3v) is 7.57. The van der Waals surface area contributed by atoms with Gasteiger partial charge >= 0.3 is 11.9 Å². The van der Waals surface area contributed by atoms with E-state index in [9.17, 15) is 9.18 Å². The summed E-state index contributed by atoms with van der Waals surface area (Å²) in [4.78, 5) is 12.9. The van der Waals surface area contributed by atoms with Crippen LogP contribution in [0.25, 0.3) is 27.7 Å². The Labute approximate surface area is 264 Å². The van der Waals surface area contributed by atoms with Gasteiger partial charge < -0.3 is 18.8 Å². The smallest absolute Gasteiger partial charge is 0.338 e. The summed E-state index contributed by atoms with van der Waals surface area (Å²) in [7, 11) is 1.21. The van der Waals surface area contributed by atoms with E-state index >= 15 is 8.78 Å². The van der Waals surface area contributed by atoms with Gasteiger partial charge in [-0.3, -0.25) is 0 Å². The Morgan fingerprint density at radius 2 is 1.37 bits per heavy atom. The number of methoxy groups -OCH3 is 1. The molecule has 0 spiro atoms. The van der Waals surface area contributed by atoms with Gasteiger partial charge in [-0.15, -0.1) is 0 Å². The highest BCUT2D eigenvalue weighted by atomic mass is 19.3. The van der Waals surface area contributed by atoms with Gasteiger partial charge in [0.25, 0.3) is 0 Å². The van der Waals surface area contributed by atoms with Crippen LogP contribution >= 0.6 is 0 Å². The Hall–Kier alpha value is -5.34. The van der Waals surface area contributed by atoms with Gasteiger partial charge in [0.05, 0.1) is 16.5 Å². The Morgan fingerprint density at radius 3 is 2.00 bits per heavy atom. The monoisotopic (exact) mass is 621 g/mol. The molecule has 6 aromatic rings. The Balaban J connectivity index is 1.50. The number of nitrogens with zero attached hydrogens (tertiary/aromatic N) is 1. The van der Waals surface area contributed by atoms with Crippen molar-refractivity contribution in [3.63, 3.8) is 0 Å². The topological polar surface area (TPSA) is 49.7 Å². The molecule has 0 radical (unpaired) electrons. The van der Waals surface area contributed by atoms with Crippen molar-refractivity contribution in [1.82, 2.24) is 4.57 Å². The lowest BCUT2D eigenvalue weighted by Gasteiger charge is -2.21. The number of halogens is 3. The molecule has 5 aromatic carbocycles. The van der Waals surface area contributed by atoms with E-state index in [1.807, 2.05) is 60.7 Å². The molecule has 0 aliphatic carbocycles. The van der Waals surface area contributed by atoms with Gasteiger partial charge in [-0.05, 0) is 65.2 Å². The molecule has 0 atom stereocenters. The maximum atomic E-state index is 16.3. The fraction of sp³-hybridized carbons (Fsp3) is 0.132. The summed E-state index contributed by atoms with van der Waals surface area (Å²) in [5.41, 5.74) is 3.06. The zero-order valence-electron chi connectivity index (χ0n) is 25.0. The lowest BCUT2D eigenvalue weighted by molar-refractivity contribution is -0.0735. The molecule has 232 valence electrons. The molecule has 5 nitrogen and oxygen atoms in total. The standard InChI is InChI=1S/C38H30F3NO4/c1-44-25-38(40,41)36-34(28-15-17-29(18-16-28)37(43)46-24-27-11-6-3-7-12-27)35-32(42(36)31-21-19-30(39)20-22-31)13-8-14-33(35)45-23-26-9-4-2-5-10-26/h2-22H,23-25H2,1H3. The predicted octanol–water partition coefficient (Wildman–Crippen LogP) is 9.11. The SMILES string of the molecule is COCC(F)(F)c1c(-c2ccc(C(=O)OCc3ccccc3)cc2)c2c(OCc3ccccc3)cccc2n1-c1ccc(F)cc1. The first kappa shape index (κ1) is 30.7. The number of aromatic nitrogens is 1. The third-order valence-electron chi connectivity index (χ3n) is 7.57. The molecule has 0 bridgehead atoms. The number of fused-ring (bicyclic) bond motifs is 1. The summed E-state index contributed by atoms with van der Waals surface area (Å²) in [6.07, 6.45) is 0. The van der Waals surface area contributed by atoms with Crippen LogP contribution in [0.2, 0.25) is 0 Å². The molecule has 1 heterocycles. The van der Waals surface area contributed by atoms with E-state index in [-0.39, 0.29) is 30.0 Å². The number of rotatable bonds is 11. The molecular formula is C38H30F3NO4. The average molecular weight is 622 g/mol. The van der Waals surface area contributed by atoms with Crippen LogP contribution in [0, 0.1) is 5.82 Å². The van der Waals surface area contributed by atoms with Crippen molar-refractivity contribution < 1.29 is 32.2 Å². The number of esters is 1. The molecule has 1 aromatic heterocycles. The fourth-order valence-corrected chi connectivity index (χ4v) is 5.48. The minimum Gasteiger partial charge on any atom is -0.488 e. The Bertz CT molecular complexity index is 1940. The summed E-state index contributed by atoms with van der Waals surface area (Å²) < 4.78 is 64.7. The quantitative estimate of drug-likeness (QED) is 0.135. The average Bonchev–Trinajstić information content (AvgIpc) is 3.44. The van der Waals surface area contributed by atoms with E-state index < -0.39 is 24.3 Å². The van der Waals surface area contributed by atoms with Crippen LogP contribution in [-0.4, -0.2) is 24.3 Å². The first-order valence-corrected chi connectivity index (χ1v) is 14.6. The lowest BCUT2D eigenvalue weighted by atomic mass is 9.97. The zero-order valence-corrected chi connectivity index (χ0v) is 25.0.